The molecule has 0 saturated carbocycles. The number of nitrogens with zero attached hydrogens (tertiary/aromatic N) is 3. The van der Waals surface area contributed by atoms with Gasteiger partial charge in [0.1, 0.15) is 5.69 Å². The number of hydrogen-bond acceptors (Lipinski definition) is 6. The number of carboxylic acids is 1. The summed E-state index contributed by atoms with van der Waals surface area (Å²) < 4.78 is 0.642. The zero-order valence-electron chi connectivity index (χ0n) is 8.03. The summed E-state index contributed by atoms with van der Waals surface area (Å²) >= 11 is 2.50. The van der Waals surface area contributed by atoms with E-state index in [-0.39, 0.29) is 5.75 Å². The third-order valence-electron chi connectivity index (χ3n) is 1.61. The third-order valence-corrected chi connectivity index (χ3v) is 3.67. The zero-order chi connectivity index (χ0) is 11.4. The average molecular weight is 253 g/mol. The van der Waals surface area contributed by atoms with E-state index in [1.165, 1.54) is 11.3 Å². The largest absolute Gasteiger partial charge is 0.481 e. The summed E-state index contributed by atoms with van der Waals surface area (Å²) in [5, 5.41) is 17.1. The van der Waals surface area contributed by atoms with Crippen LogP contribution in [0.25, 0.3) is 10.7 Å². The van der Waals surface area contributed by atoms with Crippen molar-refractivity contribution in [2.75, 3.05) is 5.75 Å². The lowest BCUT2D eigenvalue weighted by atomic mass is 10.4. The fourth-order valence-corrected chi connectivity index (χ4v) is 2.53. The standard InChI is InChI=1S/C9H7N3O2S2/c13-7(14)5-15-9-12-11-8(16-9)6-3-1-2-4-10-6/h1-4H,5H2,(H,13,14). The molecule has 2 rings (SSSR count). The number of aromatic nitrogens is 3. The number of carbonyl (C=O) groups is 1. The Bertz CT molecular complexity index is 487. The van der Waals surface area contributed by atoms with Crippen molar-refractivity contribution in [3.63, 3.8) is 0 Å². The van der Waals surface area contributed by atoms with Gasteiger partial charge in [0.2, 0.25) is 0 Å². The maximum Gasteiger partial charge on any atom is 0.313 e. The molecule has 82 valence electrons. The molecule has 5 nitrogen and oxygen atoms in total. The lowest BCUT2D eigenvalue weighted by Gasteiger charge is -1.90. The molecular formula is C9H7N3O2S2. The predicted octanol–water partition coefficient (Wildman–Crippen LogP) is 1.78. The van der Waals surface area contributed by atoms with E-state index in [4.69, 9.17) is 5.11 Å². The molecular weight excluding hydrogens is 246 g/mol. The van der Waals surface area contributed by atoms with E-state index in [9.17, 15) is 4.79 Å². The van der Waals surface area contributed by atoms with Crippen molar-refractivity contribution in [2.24, 2.45) is 0 Å². The monoisotopic (exact) mass is 253 g/mol. The fraction of sp³-hybridized carbons (Fsp3) is 0.111. The Kier molecular flexibility index (Phi) is 3.47. The van der Waals surface area contributed by atoms with Gasteiger partial charge in [-0.1, -0.05) is 29.2 Å². The Morgan fingerprint density at radius 2 is 2.31 bits per heavy atom. The van der Waals surface area contributed by atoms with Crippen LogP contribution in [0.4, 0.5) is 0 Å². The summed E-state index contributed by atoms with van der Waals surface area (Å²) in [6, 6.07) is 5.53. The van der Waals surface area contributed by atoms with E-state index in [2.05, 4.69) is 15.2 Å². The van der Waals surface area contributed by atoms with Crippen molar-refractivity contribution in [3.8, 4) is 10.7 Å². The Balaban J connectivity index is 2.11. The van der Waals surface area contributed by atoms with Gasteiger partial charge in [-0.2, -0.15) is 0 Å². The van der Waals surface area contributed by atoms with Crippen molar-refractivity contribution in [2.45, 2.75) is 4.34 Å². The van der Waals surface area contributed by atoms with E-state index < -0.39 is 5.97 Å². The van der Waals surface area contributed by atoms with Crippen molar-refractivity contribution in [1.29, 1.82) is 0 Å². The normalized spacial score (nSPS) is 10.2. The molecule has 7 heteroatoms. The lowest BCUT2D eigenvalue weighted by molar-refractivity contribution is -0.133. The van der Waals surface area contributed by atoms with Crippen LogP contribution >= 0.6 is 23.1 Å². The summed E-state index contributed by atoms with van der Waals surface area (Å²) in [5.41, 5.74) is 0.752. The number of carboxylic acid groups (broad SMARTS) is 1. The first-order valence-electron chi connectivity index (χ1n) is 4.35. The van der Waals surface area contributed by atoms with Gasteiger partial charge in [-0.3, -0.25) is 9.78 Å². The average Bonchev–Trinajstić information content (AvgIpc) is 2.76. The topological polar surface area (TPSA) is 76.0 Å². The smallest absolute Gasteiger partial charge is 0.313 e. The first kappa shape index (κ1) is 11.0. The Morgan fingerprint density at radius 3 is 3.00 bits per heavy atom. The minimum absolute atomic E-state index is 0.00312. The molecule has 2 heterocycles. The Hall–Kier alpha value is -1.47. The SMILES string of the molecule is O=C(O)CSc1nnc(-c2ccccn2)s1. The second kappa shape index (κ2) is 5.04. The molecule has 1 N–H and O–H groups in total. The molecule has 2 aromatic heterocycles. The predicted molar refractivity (Wildman–Crippen MR) is 61.5 cm³/mol. The van der Waals surface area contributed by atoms with Crippen molar-refractivity contribution in [1.82, 2.24) is 15.2 Å². The highest BCUT2D eigenvalue weighted by Crippen LogP contribution is 2.27. The molecule has 0 unspecified atom stereocenters. The Morgan fingerprint density at radius 1 is 1.44 bits per heavy atom. The van der Waals surface area contributed by atoms with E-state index in [0.717, 1.165) is 17.5 Å². The van der Waals surface area contributed by atoms with Crippen LogP contribution in [-0.4, -0.2) is 32.0 Å². The molecule has 0 spiro atoms. The molecule has 0 radical (unpaired) electrons. The lowest BCUT2D eigenvalue weighted by Crippen LogP contribution is -1.96. The van der Waals surface area contributed by atoms with Gasteiger partial charge in [-0.05, 0) is 12.1 Å². The number of rotatable bonds is 4. The van der Waals surface area contributed by atoms with E-state index in [1.54, 1.807) is 6.20 Å². The molecule has 0 fully saturated rings. The first-order chi connectivity index (χ1) is 7.75. The molecule has 0 bridgehead atoms. The minimum atomic E-state index is -0.861. The fourth-order valence-electron chi connectivity index (χ4n) is 0.984. The summed E-state index contributed by atoms with van der Waals surface area (Å²) in [5.74, 6) is -0.865. The van der Waals surface area contributed by atoms with Gasteiger partial charge in [0.15, 0.2) is 9.35 Å². The van der Waals surface area contributed by atoms with Crippen LogP contribution in [0.5, 0.6) is 0 Å². The molecule has 0 atom stereocenters. The van der Waals surface area contributed by atoms with Crippen LogP contribution in [0.3, 0.4) is 0 Å². The van der Waals surface area contributed by atoms with Crippen molar-refractivity contribution < 1.29 is 9.90 Å². The molecule has 2 aromatic rings. The highest BCUT2D eigenvalue weighted by Gasteiger charge is 2.08. The quantitative estimate of drug-likeness (QED) is 0.837. The highest BCUT2D eigenvalue weighted by molar-refractivity contribution is 8.01. The number of aliphatic carboxylic acids is 1. The van der Waals surface area contributed by atoms with E-state index in [1.807, 2.05) is 18.2 Å². The van der Waals surface area contributed by atoms with Crippen LogP contribution < -0.4 is 0 Å². The van der Waals surface area contributed by atoms with Crippen molar-refractivity contribution in [3.05, 3.63) is 24.4 Å². The second-order valence-electron chi connectivity index (χ2n) is 2.77. The summed E-state index contributed by atoms with van der Waals surface area (Å²) in [7, 11) is 0. The summed E-state index contributed by atoms with van der Waals surface area (Å²) in [6.07, 6.45) is 1.68. The van der Waals surface area contributed by atoms with Gasteiger partial charge >= 0.3 is 5.97 Å². The van der Waals surface area contributed by atoms with Gasteiger partial charge in [-0.15, -0.1) is 10.2 Å². The van der Waals surface area contributed by atoms with E-state index in [0.29, 0.717) is 9.35 Å². The van der Waals surface area contributed by atoms with Gasteiger partial charge in [-0.25, -0.2) is 0 Å². The van der Waals surface area contributed by atoms with E-state index >= 15 is 0 Å². The van der Waals surface area contributed by atoms with Gasteiger partial charge in [0, 0.05) is 6.20 Å². The first-order valence-corrected chi connectivity index (χ1v) is 6.15. The molecule has 0 aromatic carbocycles. The molecule has 0 aliphatic rings. The van der Waals surface area contributed by atoms with Gasteiger partial charge in [0.25, 0.3) is 0 Å². The van der Waals surface area contributed by atoms with Crippen LogP contribution in [0.2, 0.25) is 0 Å². The second-order valence-corrected chi connectivity index (χ2v) is 4.97. The molecule has 0 saturated heterocycles. The van der Waals surface area contributed by atoms with Crippen LogP contribution in [-0.2, 0) is 4.79 Å². The molecule has 0 aliphatic carbocycles. The zero-order valence-corrected chi connectivity index (χ0v) is 9.66. The molecule has 16 heavy (non-hydrogen) atoms. The van der Waals surface area contributed by atoms with Crippen LogP contribution in [0.15, 0.2) is 28.7 Å². The van der Waals surface area contributed by atoms with Crippen LogP contribution in [0.1, 0.15) is 0 Å². The molecule has 0 amide bonds. The number of pyridine rings is 1. The highest BCUT2D eigenvalue weighted by atomic mass is 32.2. The Labute approximate surface area is 99.6 Å². The van der Waals surface area contributed by atoms with Crippen molar-refractivity contribution >= 4 is 29.1 Å². The number of hydrogen-bond donors (Lipinski definition) is 1. The molecule has 0 aliphatic heterocycles. The third kappa shape index (κ3) is 2.77. The minimum Gasteiger partial charge on any atom is -0.481 e. The maximum atomic E-state index is 10.4. The summed E-state index contributed by atoms with van der Waals surface area (Å²) in [4.78, 5) is 14.5. The maximum absolute atomic E-state index is 10.4. The number of thioether (sulfide) groups is 1. The van der Waals surface area contributed by atoms with Gasteiger partial charge < -0.3 is 5.11 Å². The van der Waals surface area contributed by atoms with Crippen LogP contribution in [0, 0.1) is 0 Å². The van der Waals surface area contributed by atoms with Gasteiger partial charge in [0.05, 0.1) is 5.75 Å². The summed E-state index contributed by atoms with van der Waals surface area (Å²) in [6.45, 7) is 0.